The number of aromatic amines is 1. The van der Waals surface area contributed by atoms with Crippen LogP contribution in [0.1, 0.15) is 30.8 Å². The average molecular weight is 247 g/mol. The molecule has 0 saturated heterocycles. The van der Waals surface area contributed by atoms with Crippen molar-refractivity contribution in [2.45, 2.75) is 26.3 Å². The molecule has 96 valence electrons. The summed E-state index contributed by atoms with van der Waals surface area (Å²) >= 11 is 0. The molecule has 18 heavy (non-hydrogen) atoms. The van der Waals surface area contributed by atoms with Gasteiger partial charge in [0.2, 0.25) is 5.88 Å². The number of H-pyrrole nitrogens is 1. The molecule has 2 heterocycles. The van der Waals surface area contributed by atoms with Crippen LogP contribution in [0.5, 0.6) is 5.88 Å². The maximum Gasteiger partial charge on any atom is 0.221 e. The van der Waals surface area contributed by atoms with Crippen LogP contribution >= 0.6 is 0 Å². The molecule has 0 spiro atoms. The first-order valence-corrected chi connectivity index (χ1v) is 5.87. The fraction of sp³-hybridized carbons (Fsp3) is 0.417. The molecular weight excluding hydrogens is 230 g/mol. The van der Waals surface area contributed by atoms with Gasteiger partial charge < -0.3 is 15.0 Å². The zero-order valence-electron chi connectivity index (χ0n) is 10.8. The van der Waals surface area contributed by atoms with E-state index in [1.54, 1.807) is 13.3 Å². The highest BCUT2D eigenvalue weighted by Gasteiger charge is 2.15. The number of hydrogen-bond acceptors (Lipinski definition) is 5. The number of methoxy groups -OCH3 is 1. The van der Waals surface area contributed by atoms with Gasteiger partial charge in [-0.3, -0.25) is 0 Å². The van der Waals surface area contributed by atoms with Crippen molar-refractivity contribution < 1.29 is 4.74 Å². The van der Waals surface area contributed by atoms with Crippen molar-refractivity contribution in [3.63, 3.8) is 0 Å². The van der Waals surface area contributed by atoms with E-state index in [4.69, 9.17) is 4.74 Å². The highest BCUT2D eigenvalue weighted by atomic mass is 16.5. The molecule has 1 unspecified atom stereocenters. The van der Waals surface area contributed by atoms with Crippen molar-refractivity contribution in [2.24, 2.45) is 0 Å². The zero-order valence-corrected chi connectivity index (χ0v) is 10.8. The average Bonchev–Trinajstić information content (AvgIpc) is 2.91. The fourth-order valence-corrected chi connectivity index (χ4v) is 1.78. The minimum atomic E-state index is 0.0957. The lowest BCUT2D eigenvalue weighted by Crippen LogP contribution is -2.13. The highest BCUT2D eigenvalue weighted by molar-refractivity contribution is 5.48. The normalized spacial score (nSPS) is 12.2. The van der Waals surface area contributed by atoms with Crippen molar-refractivity contribution in [1.82, 2.24) is 19.9 Å². The molecular formula is C12H17N5O. The fourth-order valence-electron chi connectivity index (χ4n) is 1.78. The van der Waals surface area contributed by atoms with E-state index in [2.05, 4.69) is 32.2 Å². The predicted octanol–water partition coefficient (Wildman–Crippen LogP) is 2.08. The van der Waals surface area contributed by atoms with Gasteiger partial charge in [0.05, 0.1) is 18.7 Å². The molecule has 6 heteroatoms. The Bertz CT molecular complexity index is 497. The number of aromatic nitrogens is 4. The number of hydrogen-bond donors (Lipinski definition) is 2. The molecule has 0 bridgehead atoms. The zero-order chi connectivity index (χ0) is 13.0. The van der Waals surface area contributed by atoms with E-state index in [-0.39, 0.29) is 6.04 Å². The van der Waals surface area contributed by atoms with Crippen LogP contribution in [-0.2, 0) is 0 Å². The van der Waals surface area contributed by atoms with Crippen LogP contribution in [0.2, 0.25) is 0 Å². The van der Waals surface area contributed by atoms with E-state index in [0.29, 0.717) is 5.88 Å². The van der Waals surface area contributed by atoms with Gasteiger partial charge in [0.15, 0.2) is 0 Å². The quantitative estimate of drug-likeness (QED) is 0.846. The predicted molar refractivity (Wildman–Crippen MR) is 68.6 cm³/mol. The van der Waals surface area contributed by atoms with Crippen LogP contribution < -0.4 is 10.1 Å². The van der Waals surface area contributed by atoms with Gasteiger partial charge >= 0.3 is 0 Å². The van der Waals surface area contributed by atoms with Gasteiger partial charge in [-0.05, 0) is 13.3 Å². The van der Waals surface area contributed by atoms with Gasteiger partial charge in [0.25, 0.3) is 0 Å². The molecule has 0 aromatic carbocycles. The first-order valence-electron chi connectivity index (χ1n) is 5.87. The summed E-state index contributed by atoms with van der Waals surface area (Å²) in [5, 5.41) is 3.35. The van der Waals surface area contributed by atoms with Crippen LogP contribution in [0.3, 0.4) is 0 Å². The summed E-state index contributed by atoms with van der Waals surface area (Å²) in [5.74, 6) is 2.25. The number of rotatable bonds is 5. The Morgan fingerprint density at radius 1 is 1.39 bits per heavy atom. The third-order valence-electron chi connectivity index (χ3n) is 2.80. The number of nitrogens with one attached hydrogen (secondary N) is 2. The maximum absolute atomic E-state index is 5.18. The molecule has 0 fully saturated rings. The van der Waals surface area contributed by atoms with Gasteiger partial charge in [0, 0.05) is 12.4 Å². The molecule has 6 nitrogen and oxygen atoms in total. The molecule has 2 rings (SSSR count). The molecule has 0 saturated carbocycles. The van der Waals surface area contributed by atoms with E-state index in [1.165, 1.54) is 6.33 Å². The van der Waals surface area contributed by atoms with Crippen LogP contribution in [-0.4, -0.2) is 27.0 Å². The van der Waals surface area contributed by atoms with E-state index >= 15 is 0 Å². The second kappa shape index (κ2) is 5.48. The molecule has 0 aliphatic carbocycles. The second-order valence-electron chi connectivity index (χ2n) is 3.94. The molecule has 0 amide bonds. The van der Waals surface area contributed by atoms with Crippen molar-refractivity contribution in [1.29, 1.82) is 0 Å². The summed E-state index contributed by atoms with van der Waals surface area (Å²) in [4.78, 5) is 15.7. The minimum Gasteiger partial charge on any atom is -0.481 e. The maximum atomic E-state index is 5.18. The molecule has 0 aliphatic rings. The van der Waals surface area contributed by atoms with Gasteiger partial charge in [0.1, 0.15) is 18.0 Å². The third kappa shape index (κ3) is 2.42. The summed E-state index contributed by atoms with van der Waals surface area (Å²) in [6.07, 6.45) is 5.95. The van der Waals surface area contributed by atoms with Crippen molar-refractivity contribution in [3.05, 3.63) is 30.1 Å². The van der Waals surface area contributed by atoms with E-state index < -0.39 is 0 Å². The number of anilines is 1. The number of imidazole rings is 1. The van der Waals surface area contributed by atoms with Gasteiger partial charge in [-0.1, -0.05) is 6.92 Å². The Hall–Kier alpha value is -2.11. The molecule has 2 aromatic heterocycles. The molecule has 0 aliphatic heterocycles. The third-order valence-corrected chi connectivity index (χ3v) is 2.80. The summed E-state index contributed by atoms with van der Waals surface area (Å²) in [7, 11) is 1.60. The van der Waals surface area contributed by atoms with Crippen molar-refractivity contribution in [3.8, 4) is 5.88 Å². The molecule has 2 aromatic rings. The Balaban J connectivity index is 2.22. The Morgan fingerprint density at radius 2 is 2.22 bits per heavy atom. The first-order chi connectivity index (χ1) is 8.76. The molecule has 2 N–H and O–H groups in total. The summed E-state index contributed by atoms with van der Waals surface area (Å²) in [5.41, 5.74) is 0.894. The molecule has 1 atom stereocenters. The summed E-state index contributed by atoms with van der Waals surface area (Å²) < 4.78 is 5.18. The SMILES string of the molecule is CCC(Nc1ncnc(OC)c1C)c1ncc[nH]1. The number of nitrogens with zero attached hydrogens (tertiary/aromatic N) is 3. The van der Waals surface area contributed by atoms with Gasteiger partial charge in [-0.2, -0.15) is 0 Å². The van der Waals surface area contributed by atoms with Crippen LogP contribution in [0.15, 0.2) is 18.7 Å². The highest BCUT2D eigenvalue weighted by Crippen LogP contribution is 2.24. The van der Waals surface area contributed by atoms with Gasteiger partial charge in [-0.25, -0.2) is 15.0 Å². The summed E-state index contributed by atoms with van der Waals surface area (Å²) in [6.45, 7) is 4.02. The Labute approximate surface area is 106 Å². The monoisotopic (exact) mass is 247 g/mol. The van der Waals surface area contributed by atoms with Crippen molar-refractivity contribution in [2.75, 3.05) is 12.4 Å². The van der Waals surface area contributed by atoms with E-state index in [1.807, 2.05) is 13.1 Å². The lowest BCUT2D eigenvalue weighted by Gasteiger charge is -2.17. The van der Waals surface area contributed by atoms with E-state index in [0.717, 1.165) is 23.6 Å². The minimum absolute atomic E-state index is 0.0957. The topological polar surface area (TPSA) is 75.7 Å². The van der Waals surface area contributed by atoms with Crippen LogP contribution in [0.4, 0.5) is 5.82 Å². The number of ether oxygens (including phenoxy) is 1. The van der Waals surface area contributed by atoms with Gasteiger partial charge in [-0.15, -0.1) is 0 Å². The Morgan fingerprint density at radius 3 is 2.83 bits per heavy atom. The van der Waals surface area contributed by atoms with E-state index in [9.17, 15) is 0 Å². The van der Waals surface area contributed by atoms with Crippen LogP contribution in [0.25, 0.3) is 0 Å². The lowest BCUT2D eigenvalue weighted by atomic mass is 10.2. The van der Waals surface area contributed by atoms with Crippen LogP contribution in [0, 0.1) is 6.92 Å². The Kier molecular flexibility index (Phi) is 3.76. The van der Waals surface area contributed by atoms with Crippen molar-refractivity contribution >= 4 is 5.82 Å². The molecule has 0 radical (unpaired) electrons. The summed E-state index contributed by atoms with van der Waals surface area (Å²) in [6, 6.07) is 0.0957. The lowest BCUT2D eigenvalue weighted by molar-refractivity contribution is 0.393. The standard InChI is InChI=1S/C12H17N5O/c1-4-9(11-13-5-6-14-11)17-10-8(2)12(18-3)16-7-15-10/h5-7,9H,4H2,1-3H3,(H,13,14)(H,15,16,17). The smallest absolute Gasteiger partial charge is 0.221 e. The largest absolute Gasteiger partial charge is 0.481 e. The first kappa shape index (κ1) is 12.3. The second-order valence-corrected chi connectivity index (χ2v) is 3.94.